The van der Waals surface area contributed by atoms with E-state index in [0.29, 0.717) is 6.61 Å². The van der Waals surface area contributed by atoms with Crippen LogP contribution in [0.15, 0.2) is 54.6 Å². The van der Waals surface area contributed by atoms with Gasteiger partial charge in [0.05, 0.1) is 25.4 Å². The molecule has 0 aromatic heterocycles. The number of hydrogen-bond acceptors (Lipinski definition) is 3. The van der Waals surface area contributed by atoms with Crippen LogP contribution < -0.4 is 9.47 Å². The average Bonchev–Trinajstić information content (AvgIpc) is 2.60. The summed E-state index contributed by atoms with van der Waals surface area (Å²) >= 11 is 0. The maximum Gasteiger partial charge on any atom is 0.126 e. The van der Waals surface area contributed by atoms with Gasteiger partial charge in [-0.1, -0.05) is 30.3 Å². The quantitative estimate of drug-likeness (QED) is 0.806. The summed E-state index contributed by atoms with van der Waals surface area (Å²) in [6, 6.07) is 16.4. The fourth-order valence-electron chi connectivity index (χ4n) is 3.65. The predicted molar refractivity (Wildman–Crippen MR) is 94.3 cm³/mol. The molecule has 2 atom stereocenters. The Bertz CT molecular complexity index is 774. The SMILES string of the molecule is COc1ccc([C@H]2OC(C)(C)C=C3c4ccccc4OC[C@@H]32)cc1. The summed E-state index contributed by atoms with van der Waals surface area (Å²) in [6.45, 7) is 4.87. The molecule has 2 heterocycles. The first-order valence-electron chi connectivity index (χ1n) is 8.34. The predicted octanol–water partition coefficient (Wildman–Crippen LogP) is 4.64. The van der Waals surface area contributed by atoms with Crippen molar-refractivity contribution in [3.05, 3.63) is 65.7 Å². The Morgan fingerprint density at radius 1 is 1.04 bits per heavy atom. The van der Waals surface area contributed by atoms with Crippen LogP contribution in [0.1, 0.15) is 31.1 Å². The molecule has 0 unspecified atom stereocenters. The van der Waals surface area contributed by atoms with Crippen LogP contribution in [0, 0.1) is 5.92 Å². The van der Waals surface area contributed by atoms with Crippen molar-refractivity contribution in [3.8, 4) is 11.5 Å². The Labute approximate surface area is 142 Å². The third kappa shape index (κ3) is 2.59. The van der Waals surface area contributed by atoms with Gasteiger partial charge < -0.3 is 14.2 Å². The molecular formula is C21H22O3. The second kappa shape index (κ2) is 5.67. The van der Waals surface area contributed by atoms with Gasteiger partial charge >= 0.3 is 0 Å². The molecule has 2 aliphatic heterocycles. The van der Waals surface area contributed by atoms with Crippen LogP contribution in [-0.4, -0.2) is 19.3 Å². The third-order valence-electron chi connectivity index (χ3n) is 4.76. The molecule has 2 aliphatic rings. The van der Waals surface area contributed by atoms with Gasteiger partial charge in [0.1, 0.15) is 11.5 Å². The molecule has 24 heavy (non-hydrogen) atoms. The zero-order chi connectivity index (χ0) is 16.7. The molecule has 0 spiro atoms. The Morgan fingerprint density at radius 3 is 2.54 bits per heavy atom. The van der Waals surface area contributed by atoms with E-state index in [1.54, 1.807) is 7.11 Å². The van der Waals surface area contributed by atoms with Crippen LogP contribution in [0.3, 0.4) is 0 Å². The van der Waals surface area contributed by atoms with E-state index in [1.165, 1.54) is 11.1 Å². The normalized spacial score (nSPS) is 24.2. The van der Waals surface area contributed by atoms with E-state index >= 15 is 0 Å². The van der Waals surface area contributed by atoms with E-state index < -0.39 is 0 Å². The van der Waals surface area contributed by atoms with Crippen LogP contribution in [0.25, 0.3) is 5.57 Å². The van der Waals surface area contributed by atoms with E-state index in [-0.39, 0.29) is 17.6 Å². The highest BCUT2D eigenvalue weighted by atomic mass is 16.5. The number of benzene rings is 2. The van der Waals surface area contributed by atoms with Crippen molar-refractivity contribution in [2.75, 3.05) is 13.7 Å². The minimum absolute atomic E-state index is 0.0285. The van der Waals surface area contributed by atoms with Crippen LogP contribution in [0.4, 0.5) is 0 Å². The standard InChI is InChI=1S/C21H22O3/c1-21(2)12-17-16-6-4-5-7-19(16)23-13-18(17)20(24-21)14-8-10-15(22-3)11-9-14/h4-12,18,20H,13H2,1-3H3/t18-,20+/m0/s1. The summed E-state index contributed by atoms with van der Waals surface area (Å²) in [5.74, 6) is 2.02. The first-order valence-corrected chi connectivity index (χ1v) is 8.34. The topological polar surface area (TPSA) is 27.7 Å². The first kappa shape index (κ1) is 15.3. The molecule has 0 saturated carbocycles. The summed E-state index contributed by atoms with van der Waals surface area (Å²) < 4.78 is 17.7. The lowest BCUT2D eigenvalue weighted by Gasteiger charge is -2.43. The highest BCUT2D eigenvalue weighted by Gasteiger charge is 2.40. The molecule has 0 bridgehead atoms. The molecule has 0 N–H and O–H groups in total. The number of methoxy groups -OCH3 is 1. The number of rotatable bonds is 2. The highest BCUT2D eigenvalue weighted by Crippen LogP contribution is 2.49. The number of ether oxygens (including phenoxy) is 3. The summed E-state index contributed by atoms with van der Waals surface area (Å²) in [7, 11) is 1.68. The fourth-order valence-corrected chi connectivity index (χ4v) is 3.65. The van der Waals surface area contributed by atoms with Gasteiger partial charge in [-0.05, 0) is 49.3 Å². The summed E-state index contributed by atoms with van der Waals surface area (Å²) in [5, 5.41) is 0. The summed E-state index contributed by atoms with van der Waals surface area (Å²) in [5.41, 5.74) is 3.35. The van der Waals surface area contributed by atoms with Gasteiger partial charge in [0.15, 0.2) is 0 Å². The fraction of sp³-hybridized carbons (Fsp3) is 0.333. The Balaban J connectivity index is 1.77. The second-order valence-electron chi connectivity index (χ2n) is 6.93. The van der Waals surface area contributed by atoms with Crippen LogP contribution in [-0.2, 0) is 4.74 Å². The van der Waals surface area contributed by atoms with Crippen molar-refractivity contribution in [1.29, 1.82) is 0 Å². The smallest absolute Gasteiger partial charge is 0.126 e. The molecule has 3 nitrogen and oxygen atoms in total. The molecule has 0 fully saturated rings. The van der Waals surface area contributed by atoms with E-state index in [0.717, 1.165) is 17.1 Å². The molecule has 0 saturated heterocycles. The van der Waals surface area contributed by atoms with Crippen molar-refractivity contribution in [3.63, 3.8) is 0 Å². The van der Waals surface area contributed by atoms with Gasteiger partial charge in [0.2, 0.25) is 0 Å². The third-order valence-corrected chi connectivity index (χ3v) is 4.76. The van der Waals surface area contributed by atoms with Crippen LogP contribution >= 0.6 is 0 Å². The summed E-state index contributed by atoms with van der Waals surface area (Å²) in [6.07, 6.45) is 2.22. The van der Waals surface area contributed by atoms with Crippen molar-refractivity contribution in [1.82, 2.24) is 0 Å². The molecule has 2 aromatic rings. The molecule has 2 aromatic carbocycles. The van der Waals surface area contributed by atoms with E-state index in [1.807, 2.05) is 24.3 Å². The van der Waals surface area contributed by atoms with Gasteiger partial charge in [-0.3, -0.25) is 0 Å². The second-order valence-corrected chi connectivity index (χ2v) is 6.93. The minimum atomic E-state index is -0.319. The molecular weight excluding hydrogens is 300 g/mol. The highest BCUT2D eigenvalue weighted by molar-refractivity contribution is 5.75. The van der Waals surface area contributed by atoms with Gasteiger partial charge in [0, 0.05) is 11.5 Å². The van der Waals surface area contributed by atoms with E-state index in [4.69, 9.17) is 14.2 Å². The molecule has 124 valence electrons. The van der Waals surface area contributed by atoms with E-state index in [2.05, 4.69) is 44.2 Å². The van der Waals surface area contributed by atoms with Gasteiger partial charge in [0.25, 0.3) is 0 Å². The van der Waals surface area contributed by atoms with Crippen LogP contribution in [0.2, 0.25) is 0 Å². The average molecular weight is 322 g/mol. The van der Waals surface area contributed by atoms with Crippen molar-refractivity contribution >= 4 is 5.57 Å². The zero-order valence-corrected chi connectivity index (χ0v) is 14.3. The Hall–Kier alpha value is -2.26. The maximum atomic E-state index is 6.42. The molecule has 4 rings (SSSR count). The number of hydrogen-bond donors (Lipinski definition) is 0. The lowest BCUT2D eigenvalue weighted by molar-refractivity contribution is -0.0778. The Kier molecular flexibility index (Phi) is 3.61. The van der Waals surface area contributed by atoms with Crippen molar-refractivity contribution < 1.29 is 14.2 Å². The van der Waals surface area contributed by atoms with Gasteiger partial charge in [-0.15, -0.1) is 0 Å². The first-order chi connectivity index (χ1) is 11.6. The lowest BCUT2D eigenvalue weighted by atomic mass is 9.79. The maximum absolute atomic E-state index is 6.42. The number of fused-ring (bicyclic) bond motifs is 3. The van der Waals surface area contributed by atoms with Crippen LogP contribution in [0.5, 0.6) is 11.5 Å². The number of para-hydroxylation sites is 1. The lowest BCUT2D eigenvalue weighted by Crippen LogP contribution is -2.38. The molecule has 3 heteroatoms. The molecule has 0 amide bonds. The van der Waals surface area contributed by atoms with Gasteiger partial charge in [-0.25, -0.2) is 0 Å². The molecule has 0 radical (unpaired) electrons. The minimum Gasteiger partial charge on any atom is -0.497 e. The Morgan fingerprint density at radius 2 is 1.79 bits per heavy atom. The van der Waals surface area contributed by atoms with E-state index in [9.17, 15) is 0 Å². The largest absolute Gasteiger partial charge is 0.497 e. The summed E-state index contributed by atoms with van der Waals surface area (Å²) in [4.78, 5) is 0. The van der Waals surface area contributed by atoms with Gasteiger partial charge in [-0.2, -0.15) is 0 Å². The molecule has 0 aliphatic carbocycles. The van der Waals surface area contributed by atoms with Crippen molar-refractivity contribution in [2.24, 2.45) is 5.92 Å². The van der Waals surface area contributed by atoms with Crippen molar-refractivity contribution in [2.45, 2.75) is 25.6 Å². The monoisotopic (exact) mass is 322 g/mol. The zero-order valence-electron chi connectivity index (χ0n) is 14.3.